The first-order chi connectivity index (χ1) is 13.9. The molecule has 3 heterocycles. The van der Waals surface area contributed by atoms with Gasteiger partial charge in [0.05, 0.1) is 23.7 Å². The molecule has 1 fully saturated rings. The van der Waals surface area contributed by atoms with Crippen LogP contribution in [0.25, 0.3) is 10.4 Å². The van der Waals surface area contributed by atoms with Crippen molar-refractivity contribution in [1.82, 2.24) is 10.2 Å². The Labute approximate surface area is 170 Å². The van der Waals surface area contributed by atoms with Gasteiger partial charge in [0.1, 0.15) is 6.04 Å². The quantitative estimate of drug-likeness (QED) is 0.693. The van der Waals surface area contributed by atoms with Gasteiger partial charge in [0.15, 0.2) is 0 Å². The van der Waals surface area contributed by atoms with Gasteiger partial charge in [-0.15, -0.1) is 11.3 Å². The number of thiophene rings is 1. The van der Waals surface area contributed by atoms with Crippen LogP contribution in [-0.2, 0) is 14.4 Å². The van der Waals surface area contributed by atoms with Gasteiger partial charge in [-0.1, -0.05) is 12.1 Å². The molecule has 0 radical (unpaired) electrons. The highest BCUT2D eigenvalue weighted by Gasteiger charge is 2.45. The van der Waals surface area contributed by atoms with Crippen molar-refractivity contribution in [2.75, 3.05) is 11.9 Å². The summed E-state index contributed by atoms with van der Waals surface area (Å²) < 4.78 is 0. The fourth-order valence-corrected chi connectivity index (χ4v) is 4.51. The predicted octanol–water partition coefficient (Wildman–Crippen LogP) is 1.93. The van der Waals surface area contributed by atoms with E-state index in [1.165, 1.54) is 4.90 Å². The molecule has 2 atom stereocenters. The molecule has 4 rings (SSSR count). The Bertz CT molecular complexity index is 988. The van der Waals surface area contributed by atoms with Crippen LogP contribution >= 0.6 is 11.3 Å². The molecule has 1 aromatic carbocycles. The Hall–Kier alpha value is -3.20. The van der Waals surface area contributed by atoms with E-state index in [0.717, 1.165) is 10.4 Å². The molecule has 0 unspecified atom stereocenters. The van der Waals surface area contributed by atoms with E-state index in [1.54, 1.807) is 23.5 Å². The molecule has 3 amide bonds. The molecule has 2 aromatic rings. The summed E-state index contributed by atoms with van der Waals surface area (Å²) in [6.45, 7) is 0.337. The van der Waals surface area contributed by atoms with Crippen LogP contribution in [-0.4, -0.2) is 52.3 Å². The molecule has 0 saturated carbocycles. The van der Waals surface area contributed by atoms with Gasteiger partial charge in [0.25, 0.3) is 5.91 Å². The molecule has 8 nitrogen and oxygen atoms in total. The first-order valence-electron chi connectivity index (χ1n) is 9.25. The summed E-state index contributed by atoms with van der Waals surface area (Å²) in [5, 5.41) is 16.2. The fourth-order valence-electron chi connectivity index (χ4n) is 3.78. The van der Waals surface area contributed by atoms with Gasteiger partial charge in [-0.3, -0.25) is 19.2 Å². The van der Waals surface area contributed by atoms with Gasteiger partial charge in [0, 0.05) is 17.8 Å². The second-order valence-corrected chi connectivity index (χ2v) is 7.97. The smallest absolute Gasteiger partial charge is 0.303 e. The SMILES string of the molecule is O=C(O)CCC(=O)N[C@H]1CCN2C(=O)c3cc(-c4cccs4)ccc3NC(=O)[C@H]12. The number of carboxylic acid groups (broad SMARTS) is 1. The van der Waals surface area contributed by atoms with Gasteiger partial charge in [-0.05, 0) is 35.6 Å². The number of hydrogen-bond acceptors (Lipinski definition) is 5. The normalized spacial score (nSPS) is 20.5. The average molecular weight is 413 g/mol. The minimum atomic E-state index is -1.06. The third-order valence-electron chi connectivity index (χ3n) is 5.15. The molecule has 0 aliphatic carbocycles. The largest absolute Gasteiger partial charge is 0.481 e. The number of carbonyl (C=O) groups is 4. The summed E-state index contributed by atoms with van der Waals surface area (Å²) in [5.41, 5.74) is 1.77. The molecule has 9 heteroatoms. The summed E-state index contributed by atoms with van der Waals surface area (Å²) in [6, 6.07) is 7.89. The van der Waals surface area contributed by atoms with Crippen molar-refractivity contribution < 1.29 is 24.3 Å². The summed E-state index contributed by atoms with van der Waals surface area (Å²) >= 11 is 1.57. The molecule has 29 heavy (non-hydrogen) atoms. The lowest BCUT2D eigenvalue weighted by atomic mass is 10.1. The molecule has 2 aliphatic rings. The molecule has 150 valence electrons. The Balaban J connectivity index is 1.57. The summed E-state index contributed by atoms with van der Waals surface area (Å²) in [4.78, 5) is 51.2. The van der Waals surface area contributed by atoms with Crippen LogP contribution in [0.2, 0.25) is 0 Å². The van der Waals surface area contributed by atoms with Crippen molar-refractivity contribution in [3.63, 3.8) is 0 Å². The number of carboxylic acids is 1. The van der Waals surface area contributed by atoms with Crippen LogP contribution in [0.1, 0.15) is 29.6 Å². The van der Waals surface area contributed by atoms with E-state index in [2.05, 4.69) is 10.6 Å². The average Bonchev–Trinajstić information content (AvgIpc) is 3.34. The second-order valence-electron chi connectivity index (χ2n) is 7.03. The monoisotopic (exact) mass is 413 g/mol. The summed E-state index contributed by atoms with van der Waals surface area (Å²) in [6.07, 6.45) is -0.0178. The molecular formula is C20H19N3O5S. The van der Waals surface area contributed by atoms with Crippen molar-refractivity contribution in [2.24, 2.45) is 0 Å². The third-order valence-corrected chi connectivity index (χ3v) is 6.07. The highest BCUT2D eigenvalue weighted by Crippen LogP contribution is 2.33. The number of nitrogens with zero attached hydrogens (tertiary/aromatic N) is 1. The molecular weight excluding hydrogens is 394 g/mol. The van der Waals surface area contributed by atoms with Gasteiger partial charge >= 0.3 is 5.97 Å². The fraction of sp³-hybridized carbons (Fsp3) is 0.300. The van der Waals surface area contributed by atoms with Gasteiger partial charge in [-0.2, -0.15) is 0 Å². The van der Waals surface area contributed by atoms with Gasteiger partial charge in [0.2, 0.25) is 11.8 Å². The summed E-state index contributed by atoms with van der Waals surface area (Å²) in [7, 11) is 0. The van der Waals surface area contributed by atoms with E-state index in [1.807, 2.05) is 23.6 Å². The number of aliphatic carboxylic acids is 1. The number of carbonyl (C=O) groups excluding carboxylic acids is 3. The number of amides is 3. The maximum atomic E-state index is 13.2. The zero-order valence-electron chi connectivity index (χ0n) is 15.4. The number of anilines is 1. The minimum Gasteiger partial charge on any atom is -0.481 e. The Morgan fingerprint density at radius 1 is 1.24 bits per heavy atom. The lowest BCUT2D eigenvalue weighted by molar-refractivity contribution is -0.139. The zero-order chi connectivity index (χ0) is 20.5. The van der Waals surface area contributed by atoms with Crippen molar-refractivity contribution in [3.8, 4) is 10.4 Å². The van der Waals surface area contributed by atoms with E-state index in [-0.39, 0.29) is 24.7 Å². The van der Waals surface area contributed by atoms with Crippen molar-refractivity contribution in [2.45, 2.75) is 31.3 Å². The van der Waals surface area contributed by atoms with Crippen molar-refractivity contribution in [1.29, 1.82) is 0 Å². The van der Waals surface area contributed by atoms with Crippen LogP contribution < -0.4 is 10.6 Å². The first-order valence-corrected chi connectivity index (χ1v) is 10.1. The molecule has 0 spiro atoms. The van der Waals surface area contributed by atoms with Crippen molar-refractivity contribution in [3.05, 3.63) is 41.3 Å². The number of rotatable bonds is 5. The maximum Gasteiger partial charge on any atom is 0.303 e. The van der Waals surface area contributed by atoms with E-state index in [4.69, 9.17) is 5.11 Å². The lowest BCUT2D eigenvalue weighted by Gasteiger charge is -2.24. The van der Waals surface area contributed by atoms with Crippen LogP contribution in [0.3, 0.4) is 0 Å². The topological polar surface area (TPSA) is 116 Å². The van der Waals surface area contributed by atoms with Gasteiger partial charge < -0.3 is 20.6 Å². The van der Waals surface area contributed by atoms with E-state index >= 15 is 0 Å². The highest BCUT2D eigenvalue weighted by atomic mass is 32.1. The van der Waals surface area contributed by atoms with E-state index in [9.17, 15) is 19.2 Å². The molecule has 2 aliphatic heterocycles. The van der Waals surface area contributed by atoms with Gasteiger partial charge in [-0.25, -0.2) is 0 Å². The first kappa shape index (κ1) is 19.1. The Morgan fingerprint density at radius 3 is 2.79 bits per heavy atom. The minimum absolute atomic E-state index is 0.168. The zero-order valence-corrected chi connectivity index (χ0v) is 16.2. The molecule has 1 saturated heterocycles. The van der Waals surface area contributed by atoms with E-state index in [0.29, 0.717) is 24.2 Å². The molecule has 0 bridgehead atoms. The predicted molar refractivity (Wildman–Crippen MR) is 107 cm³/mol. The Kier molecular flexibility index (Phi) is 5.06. The highest BCUT2D eigenvalue weighted by molar-refractivity contribution is 7.13. The van der Waals surface area contributed by atoms with Crippen LogP contribution in [0.15, 0.2) is 35.7 Å². The number of fused-ring (bicyclic) bond motifs is 2. The standard InChI is InChI=1S/C20H19N3O5S/c24-16(5-6-17(25)26)21-14-7-8-23-18(14)19(27)22-13-4-3-11(10-12(13)20(23)28)15-2-1-9-29-15/h1-4,9-10,14,18H,5-8H2,(H,21,24)(H,22,27)(H,25,26)/t14-,18-/m0/s1. The number of hydrogen-bond donors (Lipinski definition) is 3. The van der Waals surface area contributed by atoms with Crippen LogP contribution in [0.4, 0.5) is 5.69 Å². The second kappa shape index (κ2) is 7.67. The number of nitrogens with one attached hydrogen (secondary N) is 2. The molecule has 1 aromatic heterocycles. The van der Waals surface area contributed by atoms with Crippen molar-refractivity contribution >= 4 is 40.7 Å². The molecule has 3 N–H and O–H groups in total. The van der Waals surface area contributed by atoms with Crippen LogP contribution in [0, 0.1) is 0 Å². The lowest BCUT2D eigenvalue weighted by Crippen LogP contribution is -2.51. The third kappa shape index (κ3) is 3.73. The maximum absolute atomic E-state index is 13.2. The van der Waals surface area contributed by atoms with Crippen LogP contribution in [0.5, 0.6) is 0 Å². The van der Waals surface area contributed by atoms with E-state index < -0.39 is 24.0 Å². The summed E-state index contributed by atoms with van der Waals surface area (Å²) in [5.74, 6) is -2.13. The Morgan fingerprint density at radius 2 is 2.07 bits per heavy atom. The number of benzene rings is 1.